The summed E-state index contributed by atoms with van der Waals surface area (Å²) in [6, 6.07) is 0. The van der Waals surface area contributed by atoms with Gasteiger partial charge in [0.1, 0.15) is 6.33 Å². The minimum atomic E-state index is -0.0695. The molecule has 102 valence electrons. The van der Waals surface area contributed by atoms with Crippen molar-refractivity contribution in [3.05, 3.63) is 23.3 Å². The van der Waals surface area contributed by atoms with Gasteiger partial charge >= 0.3 is 0 Å². The van der Waals surface area contributed by atoms with E-state index in [1.54, 1.807) is 11.6 Å². The van der Waals surface area contributed by atoms with Gasteiger partial charge in [0.2, 0.25) is 5.91 Å². The predicted molar refractivity (Wildman–Crippen MR) is 68.4 cm³/mol. The highest BCUT2D eigenvalue weighted by molar-refractivity contribution is 5.75. The van der Waals surface area contributed by atoms with E-state index in [-0.39, 0.29) is 5.91 Å². The third-order valence-electron chi connectivity index (χ3n) is 3.20. The van der Waals surface area contributed by atoms with Crippen LogP contribution in [0.2, 0.25) is 0 Å². The van der Waals surface area contributed by atoms with Crippen LogP contribution in [-0.2, 0) is 16.1 Å². The van der Waals surface area contributed by atoms with Gasteiger partial charge in [-0.05, 0) is 25.8 Å². The summed E-state index contributed by atoms with van der Waals surface area (Å²) in [5.74, 6) is 0.513. The normalized spacial score (nSPS) is 10.9. The Morgan fingerprint density at radius 3 is 2.89 bits per heavy atom. The first-order chi connectivity index (χ1) is 9.04. The summed E-state index contributed by atoms with van der Waals surface area (Å²) in [5, 5.41) is 5.35. The number of rotatable bonds is 4. The van der Waals surface area contributed by atoms with Crippen LogP contribution in [0.25, 0.3) is 5.78 Å². The lowest BCUT2D eigenvalue weighted by Gasteiger charge is -2.14. The molecule has 0 unspecified atom stereocenters. The van der Waals surface area contributed by atoms with Crippen LogP contribution < -0.4 is 0 Å². The quantitative estimate of drug-likeness (QED) is 0.759. The van der Waals surface area contributed by atoms with E-state index in [1.807, 2.05) is 13.8 Å². The highest BCUT2D eigenvalue weighted by Gasteiger charge is 2.14. The fourth-order valence-corrected chi connectivity index (χ4v) is 2.01. The van der Waals surface area contributed by atoms with Crippen molar-refractivity contribution in [2.45, 2.75) is 26.7 Å². The third kappa shape index (κ3) is 2.55. The highest BCUT2D eigenvalue weighted by Crippen LogP contribution is 2.15. The van der Waals surface area contributed by atoms with Crippen molar-refractivity contribution < 1.29 is 9.63 Å². The second-order valence-electron chi connectivity index (χ2n) is 4.31. The molecule has 2 rings (SSSR count). The Morgan fingerprint density at radius 1 is 1.47 bits per heavy atom. The maximum atomic E-state index is 11.7. The van der Waals surface area contributed by atoms with Crippen LogP contribution in [0.1, 0.15) is 23.4 Å². The summed E-state index contributed by atoms with van der Waals surface area (Å²) >= 11 is 0. The van der Waals surface area contributed by atoms with Crippen LogP contribution in [0.4, 0.5) is 0 Å². The van der Waals surface area contributed by atoms with E-state index in [9.17, 15) is 4.79 Å². The zero-order chi connectivity index (χ0) is 14.0. The molecule has 1 amide bonds. The van der Waals surface area contributed by atoms with E-state index in [0.29, 0.717) is 18.6 Å². The molecule has 19 heavy (non-hydrogen) atoms. The first kappa shape index (κ1) is 13.4. The van der Waals surface area contributed by atoms with Gasteiger partial charge in [-0.15, -0.1) is 0 Å². The standard InChI is InChI=1S/C12H17N5O2/c1-8-10(5-6-11(18)16(3)19-4)9(2)17-12(15-8)13-7-14-17/h7H,5-6H2,1-4H3. The summed E-state index contributed by atoms with van der Waals surface area (Å²) in [6.07, 6.45) is 2.45. The van der Waals surface area contributed by atoms with Crippen LogP contribution in [0.15, 0.2) is 6.33 Å². The molecule has 0 aliphatic carbocycles. The molecular formula is C12H17N5O2. The summed E-state index contributed by atoms with van der Waals surface area (Å²) < 4.78 is 1.69. The van der Waals surface area contributed by atoms with E-state index < -0.39 is 0 Å². The lowest BCUT2D eigenvalue weighted by molar-refractivity contribution is -0.168. The molecule has 0 N–H and O–H groups in total. The molecule has 0 aliphatic heterocycles. The van der Waals surface area contributed by atoms with Gasteiger partial charge in [-0.3, -0.25) is 9.63 Å². The number of hydrogen-bond acceptors (Lipinski definition) is 5. The summed E-state index contributed by atoms with van der Waals surface area (Å²) in [5.41, 5.74) is 2.87. The minimum Gasteiger partial charge on any atom is -0.275 e. The Balaban J connectivity index is 2.23. The maximum Gasteiger partial charge on any atom is 0.252 e. The number of nitrogens with zero attached hydrogens (tertiary/aromatic N) is 5. The molecule has 7 heteroatoms. The first-order valence-corrected chi connectivity index (χ1v) is 6.01. The number of hydroxylamine groups is 2. The van der Waals surface area contributed by atoms with Gasteiger partial charge in [0.25, 0.3) is 5.78 Å². The second-order valence-corrected chi connectivity index (χ2v) is 4.31. The van der Waals surface area contributed by atoms with Gasteiger partial charge in [-0.2, -0.15) is 10.1 Å². The van der Waals surface area contributed by atoms with Gasteiger partial charge < -0.3 is 0 Å². The van der Waals surface area contributed by atoms with Crippen molar-refractivity contribution in [2.24, 2.45) is 0 Å². The molecule has 0 spiro atoms. The highest BCUT2D eigenvalue weighted by atomic mass is 16.7. The molecule has 7 nitrogen and oxygen atoms in total. The fraction of sp³-hybridized carbons (Fsp3) is 0.500. The lowest BCUT2D eigenvalue weighted by atomic mass is 10.1. The van der Waals surface area contributed by atoms with E-state index in [4.69, 9.17) is 4.84 Å². The molecule has 2 aromatic heterocycles. The van der Waals surface area contributed by atoms with Gasteiger partial charge in [-0.1, -0.05) is 0 Å². The topological polar surface area (TPSA) is 72.6 Å². The summed E-state index contributed by atoms with van der Waals surface area (Å²) in [7, 11) is 3.07. The molecule has 2 heterocycles. The molecule has 0 aromatic carbocycles. The van der Waals surface area contributed by atoms with Crippen molar-refractivity contribution in [1.29, 1.82) is 0 Å². The molecular weight excluding hydrogens is 246 g/mol. The zero-order valence-electron chi connectivity index (χ0n) is 11.5. The van der Waals surface area contributed by atoms with Gasteiger partial charge in [-0.25, -0.2) is 14.6 Å². The first-order valence-electron chi connectivity index (χ1n) is 6.01. The fourth-order valence-electron chi connectivity index (χ4n) is 2.01. The van der Waals surface area contributed by atoms with Crippen LogP contribution in [-0.4, -0.2) is 44.7 Å². The van der Waals surface area contributed by atoms with Crippen LogP contribution >= 0.6 is 0 Å². The molecule has 0 atom stereocenters. The Kier molecular flexibility index (Phi) is 3.75. The third-order valence-corrected chi connectivity index (χ3v) is 3.20. The Hall–Kier alpha value is -2.02. The average molecular weight is 263 g/mol. The number of fused-ring (bicyclic) bond motifs is 1. The van der Waals surface area contributed by atoms with Crippen molar-refractivity contribution in [1.82, 2.24) is 24.6 Å². The average Bonchev–Trinajstić information content (AvgIpc) is 2.85. The molecule has 0 fully saturated rings. The minimum absolute atomic E-state index is 0.0695. The molecule has 0 aliphatic rings. The number of hydrogen-bond donors (Lipinski definition) is 0. The number of amides is 1. The Labute approximate surface area is 111 Å². The molecule has 0 saturated carbocycles. The number of carbonyl (C=O) groups excluding carboxylic acids is 1. The lowest BCUT2D eigenvalue weighted by Crippen LogP contribution is -2.25. The largest absolute Gasteiger partial charge is 0.275 e. The Bertz CT molecular complexity index is 607. The van der Waals surface area contributed by atoms with Crippen molar-refractivity contribution in [3.8, 4) is 0 Å². The molecule has 0 bridgehead atoms. The van der Waals surface area contributed by atoms with E-state index in [2.05, 4.69) is 15.1 Å². The predicted octanol–water partition coefficient (Wildman–Crippen LogP) is 0.694. The SMILES string of the molecule is CON(C)C(=O)CCc1c(C)nc2ncnn2c1C. The summed E-state index contributed by atoms with van der Waals surface area (Å²) in [6.45, 7) is 3.87. The molecule has 0 radical (unpaired) electrons. The summed E-state index contributed by atoms with van der Waals surface area (Å²) in [4.78, 5) is 25.0. The van der Waals surface area contributed by atoms with Gasteiger partial charge in [0.15, 0.2) is 0 Å². The van der Waals surface area contributed by atoms with E-state index in [1.165, 1.54) is 18.5 Å². The maximum absolute atomic E-state index is 11.7. The number of aryl methyl sites for hydroxylation is 2. The number of carbonyl (C=O) groups is 1. The van der Waals surface area contributed by atoms with Crippen LogP contribution in [0, 0.1) is 13.8 Å². The smallest absolute Gasteiger partial charge is 0.252 e. The van der Waals surface area contributed by atoms with Crippen LogP contribution in [0.3, 0.4) is 0 Å². The van der Waals surface area contributed by atoms with E-state index in [0.717, 1.165) is 17.0 Å². The van der Waals surface area contributed by atoms with Crippen molar-refractivity contribution >= 4 is 11.7 Å². The zero-order valence-corrected chi connectivity index (χ0v) is 11.5. The Morgan fingerprint density at radius 2 is 2.21 bits per heavy atom. The second kappa shape index (κ2) is 5.31. The monoisotopic (exact) mass is 263 g/mol. The van der Waals surface area contributed by atoms with Gasteiger partial charge in [0, 0.05) is 24.9 Å². The van der Waals surface area contributed by atoms with Gasteiger partial charge in [0.05, 0.1) is 7.11 Å². The molecule has 2 aromatic rings. The molecule has 0 saturated heterocycles. The van der Waals surface area contributed by atoms with Crippen molar-refractivity contribution in [3.63, 3.8) is 0 Å². The van der Waals surface area contributed by atoms with Crippen LogP contribution in [0.5, 0.6) is 0 Å². The number of aromatic nitrogens is 4. The van der Waals surface area contributed by atoms with E-state index >= 15 is 0 Å². The van der Waals surface area contributed by atoms with Crippen molar-refractivity contribution in [2.75, 3.05) is 14.2 Å².